The zero-order valence-electron chi connectivity index (χ0n) is 9.31. The molecule has 0 saturated heterocycles. The summed E-state index contributed by atoms with van der Waals surface area (Å²) < 4.78 is 0. The van der Waals surface area contributed by atoms with Crippen LogP contribution in [0, 0.1) is 0 Å². The third-order valence-electron chi connectivity index (χ3n) is 3.32. The van der Waals surface area contributed by atoms with E-state index < -0.39 is 5.97 Å². The zero-order valence-corrected chi connectivity index (χ0v) is 9.31. The summed E-state index contributed by atoms with van der Waals surface area (Å²) in [6, 6.07) is 10.4. The SMILES string of the molecule is O=C(O)/C=C\c1ccc2c3c(cccc13)CC2. The molecule has 0 radical (unpaired) electrons. The Balaban J connectivity index is 2.25. The Hall–Kier alpha value is -2.09. The van der Waals surface area contributed by atoms with Gasteiger partial charge in [0.2, 0.25) is 0 Å². The molecule has 0 aromatic heterocycles. The molecule has 2 aromatic carbocycles. The molecule has 0 heterocycles. The van der Waals surface area contributed by atoms with Crippen LogP contribution in [0.5, 0.6) is 0 Å². The van der Waals surface area contributed by atoms with Crippen molar-refractivity contribution in [3.63, 3.8) is 0 Å². The van der Waals surface area contributed by atoms with Crippen LogP contribution in [-0.2, 0) is 17.6 Å². The minimum atomic E-state index is -0.909. The Morgan fingerprint density at radius 2 is 1.88 bits per heavy atom. The first-order chi connectivity index (χ1) is 8.25. The number of rotatable bonds is 2. The molecule has 0 fully saturated rings. The molecule has 1 N–H and O–H groups in total. The first-order valence-corrected chi connectivity index (χ1v) is 5.70. The maximum Gasteiger partial charge on any atom is 0.328 e. The molecule has 1 aliphatic rings. The van der Waals surface area contributed by atoms with E-state index in [1.807, 2.05) is 12.1 Å². The first-order valence-electron chi connectivity index (χ1n) is 5.70. The van der Waals surface area contributed by atoms with E-state index in [0.29, 0.717) is 0 Å². The van der Waals surface area contributed by atoms with Crippen LogP contribution in [0.2, 0.25) is 0 Å². The fraction of sp³-hybridized carbons (Fsp3) is 0.133. The minimum absolute atomic E-state index is 0.909. The van der Waals surface area contributed by atoms with Gasteiger partial charge in [-0.25, -0.2) is 4.79 Å². The Bertz CT molecular complexity index is 628. The third-order valence-corrected chi connectivity index (χ3v) is 3.32. The molecule has 0 unspecified atom stereocenters. The molecule has 0 bridgehead atoms. The maximum absolute atomic E-state index is 10.6. The Morgan fingerprint density at radius 1 is 1.12 bits per heavy atom. The summed E-state index contributed by atoms with van der Waals surface area (Å²) in [5.74, 6) is -0.909. The van der Waals surface area contributed by atoms with Crippen molar-refractivity contribution in [2.45, 2.75) is 12.8 Å². The summed E-state index contributed by atoms with van der Waals surface area (Å²) in [6.07, 6.45) is 5.06. The van der Waals surface area contributed by atoms with Crippen molar-refractivity contribution >= 4 is 22.8 Å². The number of benzene rings is 2. The smallest absolute Gasteiger partial charge is 0.328 e. The van der Waals surface area contributed by atoms with Crippen LogP contribution >= 0.6 is 0 Å². The van der Waals surface area contributed by atoms with Crippen LogP contribution in [0.1, 0.15) is 16.7 Å². The molecular weight excluding hydrogens is 212 g/mol. The van der Waals surface area contributed by atoms with Gasteiger partial charge in [-0.05, 0) is 46.4 Å². The van der Waals surface area contributed by atoms with E-state index in [4.69, 9.17) is 5.11 Å². The Kier molecular flexibility index (Phi) is 2.22. The molecule has 0 saturated carbocycles. The van der Waals surface area contributed by atoms with Gasteiger partial charge in [0.05, 0.1) is 0 Å². The third kappa shape index (κ3) is 1.62. The van der Waals surface area contributed by atoms with Crippen LogP contribution in [0.15, 0.2) is 36.4 Å². The molecule has 0 aliphatic heterocycles. The summed E-state index contributed by atoms with van der Waals surface area (Å²) in [6.45, 7) is 0. The molecular formula is C15H12O2. The molecule has 2 heteroatoms. The van der Waals surface area contributed by atoms with Crippen molar-refractivity contribution in [1.29, 1.82) is 0 Å². The van der Waals surface area contributed by atoms with Gasteiger partial charge in [0.15, 0.2) is 0 Å². The van der Waals surface area contributed by atoms with Crippen molar-refractivity contribution in [1.82, 2.24) is 0 Å². The number of hydrogen-bond acceptors (Lipinski definition) is 1. The monoisotopic (exact) mass is 224 g/mol. The standard InChI is InChI=1S/C15H12O2/c16-14(17)9-8-10-4-5-12-7-6-11-2-1-3-13(10)15(11)12/h1-5,8-9H,6-7H2,(H,16,17)/b9-8-. The van der Waals surface area contributed by atoms with E-state index in [1.54, 1.807) is 6.08 Å². The summed E-state index contributed by atoms with van der Waals surface area (Å²) >= 11 is 0. The minimum Gasteiger partial charge on any atom is -0.478 e. The second-order valence-corrected chi connectivity index (χ2v) is 4.33. The maximum atomic E-state index is 10.6. The highest BCUT2D eigenvalue weighted by Crippen LogP contribution is 2.33. The number of carbonyl (C=O) groups is 1. The summed E-state index contributed by atoms with van der Waals surface area (Å²) in [5, 5.41) is 11.2. The number of carboxylic acids is 1. The Morgan fingerprint density at radius 3 is 2.65 bits per heavy atom. The molecule has 0 spiro atoms. The van der Waals surface area contributed by atoms with Crippen molar-refractivity contribution in [3.8, 4) is 0 Å². The van der Waals surface area contributed by atoms with Gasteiger partial charge in [-0.2, -0.15) is 0 Å². The van der Waals surface area contributed by atoms with Gasteiger partial charge in [0.25, 0.3) is 0 Å². The lowest BCUT2D eigenvalue weighted by Crippen LogP contribution is -1.87. The summed E-state index contributed by atoms with van der Waals surface area (Å²) in [5.41, 5.74) is 3.74. The largest absolute Gasteiger partial charge is 0.478 e. The zero-order chi connectivity index (χ0) is 11.8. The number of aryl methyl sites for hydroxylation is 2. The number of carboxylic acid groups (broad SMARTS) is 1. The van der Waals surface area contributed by atoms with E-state index in [2.05, 4.69) is 18.2 Å². The second-order valence-electron chi connectivity index (χ2n) is 4.33. The number of aliphatic carboxylic acids is 1. The topological polar surface area (TPSA) is 37.3 Å². The van der Waals surface area contributed by atoms with Gasteiger partial charge < -0.3 is 5.11 Å². The Labute approximate surface area is 99.2 Å². The van der Waals surface area contributed by atoms with Gasteiger partial charge >= 0.3 is 5.97 Å². The predicted molar refractivity (Wildman–Crippen MR) is 68.0 cm³/mol. The van der Waals surface area contributed by atoms with E-state index >= 15 is 0 Å². The quantitative estimate of drug-likeness (QED) is 0.796. The molecule has 1 aliphatic carbocycles. The van der Waals surface area contributed by atoms with E-state index in [9.17, 15) is 4.79 Å². The van der Waals surface area contributed by atoms with Crippen molar-refractivity contribution in [2.24, 2.45) is 0 Å². The lowest BCUT2D eigenvalue weighted by Gasteiger charge is -2.05. The van der Waals surface area contributed by atoms with Crippen molar-refractivity contribution in [3.05, 3.63) is 53.1 Å². The average Bonchev–Trinajstić information content (AvgIpc) is 2.74. The lowest BCUT2D eigenvalue weighted by atomic mass is 10.00. The predicted octanol–water partition coefficient (Wildman–Crippen LogP) is 3.04. The van der Waals surface area contributed by atoms with Crippen LogP contribution in [0.3, 0.4) is 0 Å². The van der Waals surface area contributed by atoms with Crippen LogP contribution in [-0.4, -0.2) is 11.1 Å². The van der Waals surface area contributed by atoms with Crippen LogP contribution < -0.4 is 0 Å². The number of hydrogen-bond donors (Lipinski definition) is 1. The normalized spacial score (nSPS) is 13.6. The fourth-order valence-electron chi connectivity index (χ4n) is 2.58. The lowest BCUT2D eigenvalue weighted by molar-refractivity contribution is -0.131. The first kappa shape index (κ1) is 10.1. The van der Waals surface area contributed by atoms with Crippen LogP contribution in [0.25, 0.3) is 16.8 Å². The highest BCUT2D eigenvalue weighted by Gasteiger charge is 2.14. The van der Waals surface area contributed by atoms with Gasteiger partial charge in [-0.1, -0.05) is 30.3 Å². The van der Waals surface area contributed by atoms with Crippen molar-refractivity contribution < 1.29 is 9.90 Å². The molecule has 0 amide bonds. The molecule has 17 heavy (non-hydrogen) atoms. The van der Waals surface area contributed by atoms with E-state index in [1.165, 1.54) is 22.6 Å². The highest BCUT2D eigenvalue weighted by atomic mass is 16.4. The average molecular weight is 224 g/mol. The van der Waals surface area contributed by atoms with E-state index in [0.717, 1.165) is 23.8 Å². The highest BCUT2D eigenvalue weighted by molar-refractivity contribution is 5.98. The fourth-order valence-corrected chi connectivity index (χ4v) is 2.58. The van der Waals surface area contributed by atoms with Gasteiger partial charge in [0.1, 0.15) is 0 Å². The second kappa shape index (κ2) is 3.74. The van der Waals surface area contributed by atoms with Crippen molar-refractivity contribution in [2.75, 3.05) is 0 Å². The molecule has 2 aromatic rings. The summed E-state index contributed by atoms with van der Waals surface area (Å²) in [4.78, 5) is 10.6. The molecule has 2 nitrogen and oxygen atoms in total. The van der Waals surface area contributed by atoms with Gasteiger partial charge in [-0.15, -0.1) is 0 Å². The molecule has 3 rings (SSSR count). The molecule has 84 valence electrons. The van der Waals surface area contributed by atoms with E-state index in [-0.39, 0.29) is 0 Å². The summed E-state index contributed by atoms with van der Waals surface area (Å²) in [7, 11) is 0. The molecule has 0 atom stereocenters. The van der Waals surface area contributed by atoms with Gasteiger partial charge in [0, 0.05) is 6.08 Å². The van der Waals surface area contributed by atoms with Crippen LogP contribution in [0.4, 0.5) is 0 Å². The van der Waals surface area contributed by atoms with Gasteiger partial charge in [-0.3, -0.25) is 0 Å².